The molecule has 100 valence electrons. The van der Waals surface area contributed by atoms with Crippen molar-refractivity contribution < 1.29 is 8.78 Å². The van der Waals surface area contributed by atoms with Crippen molar-refractivity contribution in [3.8, 4) is 0 Å². The fraction of sp³-hybridized carbons (Fsp3) is 0.143. The Hall–Kier alpha value is -0.910. The summed E-state index contributed by atoms with van der Waals surface area (Å²) in [5.41, 5.74) is 6.81. The average molecular weight is 344 g/mol. The molecule has 0 aromatic heterocycles. The fourth-order valence-corrected chi connectivity index (χ4v) is 2.94. The van der Waals surface area contributed by atoms with E-state index in [4.69, 9.17) is 5.73 Å². The molecule has 19 heavy (non-hydrogen) atoms. The van der Waals surface area contributed by atoms with Crippen molar-refractivity contribution in [1.29, 1.82) is 0 Å². The number of rotatable bonds is 4. The third-order valence-electron chi connectivity index (χ3n) is 2.63. The van der Waals surface area contributed by atoms with Gasteiger partial charge in [0.2, 0.25) is 0 Å². The van der Waals surface area contributed by atoms with E-state index in [1.165, 1.54) is 17.8 Å². The van der Waals surface area contributed by atoms with Crippen molar-refractivity contribution in [3.63, 3.8) is 0 Å². The van der Waals surface area contributed by atoms with E-state index in [0.29, 0.717) is 11.4 Å². The van der Waals surface area contributed by atoms with E-state index in [1.54, 1.807) is 6.07 Å². The average Bonchev–Trinajstić information content (AvgIpc) is 2.41. The molecule has 1 atom stereocenters. The second-order valence-corrected chi connectivity index (χ2v) is 6.16. The lowest BCUT2D eigenvalue weighted by Gasteiger charge is -2.15. The zero-order valence-electron chi connectivity index (χ0n) is 9.95. The molecule has 1 unspecified atom stereocenters. The lowest BCUT2D eigenvalue weighted by atomic mass is 10.1. The molecule has 0 radical (unpaired) electrons. The molecular formula is C14H12BrF2NS. The van der Waals surface area contributed by atoms with Crippen LogP contribution in [0.4, 0.5) is 8.78 Å². The predicted molar refractivity (Wildman–Crippen MR) is 78.2 cm³/mol. The van der Waals surface area contributed by atoms with Crippen molar-refractivity contribution in [3.05, 3.63) is 64.1 Å². The Morgan fingerprint density at radius 1 is 1.05 bits per heavy atom. The van der Waals surface area contributed by atoms with Crippen LogP contribution >= 0.6 is 27.7 Å². The van der Waals surface area contributed by atoms with Crippen LogP contribution < -0.4 is 5.73 Å². The Morgan fingerprint density at radius 3 is 2.32 bits per heavy atom. The van der Waals surface area contributed by atoms with Gasteiger partial charge in [-0.25, -0.2) is 8.78 Å². The highest BCUT2D eigenvalue weighted by Crippen LogP contribution is 2.35. The Morgan fingerprint density at radius 2 is 1.74 bits per heavy atom. The quantitative estimate of drug-likeness (QED) is 0.826. The normalized spacial score (nSPS) is 12.4. The van der Waals surface area contributed by atoms with Crippen molar-refractivity contribution in [2.24, 2.45) is 5.73 Å². The summed E-state index contributed by atoms with van der Waals surface area (Å²) in [7, 11) is 0. The van der Waals surface area contributed by atoms with Gasteiger partial charge in [0.15, 0.2) is 11.6 Å². The lowest BCUT2D eigenvalue weighted by molar-refractivity contribution is 0.506. The van der Waals surface area contributed by atoms with Crippen LogP contribution in [-0.2, 0) is 0 Å². The summed E-state index contributed by atoms with van der Waals surface area (Å²) in [5, 5.41) is 0.0120. The summed E-state index contributed by atoms with van der Waals surface area (Å²) in [6.45, 7) is 0.422. The Kier molecular flexibility index (Phi) is 4.96. The molecule has 0 aliphatic rings. The Labute approximate surface area is 123 Å². The van der Waals surface area contributed by atoms with E-state index in [-0.39, 0.29) is 5.25 Å². The number of thioether (sulfide) groups is 1. The molecule has 0 fully saturated rings. The zero-order chi connectivity index (χ0) is 13.8. The van der Waals surface area contributed by atoms with E-state index in [9.17, 15) is 8.78 Å². The van der Waals surface area contributed by atoms with Crippen LogP contribution in [0.15, 0.2) is 51.8 Å². The van der Waals surface area contributed by atoms with Gasteiger partial charge in [-0.1, -0.05) is 28.1 Å². The molecule has 1 nitrogen and oxygen atoms in total. The number of hydrogen-bond acceptors (Lipinski definition) is 2. The first-order chi connectivity index (χ1) is 9.10. The second-order valence-electron chi connectivity index (χ2n) is 3.97. The van der Waals surface area contributed by atoms with Gasteiger partial charge < -0.3 is 5.73 Å². The molecule has 0 aliphatic carbocycles. The van der Waals surface area contributed by atoms with Gasteiger partial charge in [0.1, 0.15) is 0 Å². The second kappa shape index (κ2) is 6.50. The highest BCUT2D eigenvalue weighted by atomic mass is 79.9. The summed E-state index contributed by atoms with van der Waals surface area (Å²) < 4.78 is 27.0. The van der Waals surface area contributed by atoms with Gasteiger partial charge in [-0.15, -0.1) is 11.8 Å². The summed E-state index contributed by atoms with van der Waals surface area (Å²) in [6, 6.07) is 11.7. The molecule has 2 N–H and O–H groups in total. The first-order valence-electron chi connectivity index (χ1n) is 5.67. The van der Waals surface area contributed by atoms with Crippen LogP contribution in [-0.4, -0.2) is 6.54 Å². The molecule has 0 amide bonds. The van der Waals surface area contributed by atoms with E-state index >= 15 is 0 Å². The third-order valence-corrected chi connectivity index (χ3v) is 4.43. The molecule has 0 saturated carbocycles. The number of halogens is 3. The van der Waals surface area contributed by atoms with Gasteiger partial charge in [0.05, 0.1) is 0 Å². The minimum absolute atomic E-state index is 0.0120. The summed E-state index contributed by atoms with van der Waals surface area (Å²) in [5.74, 6) is -1.67. The lowest BCUT2D eigenvalue weighted by Crippen LogP contribution is -2.09. The van der Waals surface area contributed by atoms with Crippen LogP contribution in [0, 0.1) is 11.6 Å². The van der Waals surface area contributed by atoms with Gasteiger partial charge in [-0.2, -0.15) is 0 Å². The van der Waals surface area contributed by atoms with E-state index < -0.39 is 11.6 Å². The summed E-state index contributed by atoms with van der Waals surface area (Å²) in [6.07, 6.45) is 0. The maximum atomic E-state index is 13.2. The smallest absolute Gasteiger partial charge is 0.159 e. The van der Waals surface area contributed by atoms with Gasteiger partial charge >= 0.3 is 0 Å². The van der Waals surface area contributed by atoms with Crippen molar-refractivity contribution in [2.45, 2.75) is 10.1 Å². The number of nitrogens with two attached hydrogens (primary N) is 1. The monoisotopic (exact) mass is 343 g/mol. The first-order valence-corrected chi connectivity index (χ1v) is 7.34. The molecule has 0 aliphatic heterocycles. The molecule has 2 aromatic carbocycles. The van der Waals surface area contributed by atoms with Crippen molar-refractivity contribution in [1.82, 2.24) is 0 Å². The highest BCUT2D eigenvalue weighted by Gasteiger charge is 2.12. The first kappa shape index (κ1) is 14.5. The third kappa shape index (κ3) is 3.78. The summed E-state index contributed by atoms with van der Waals surface area (Å²) in [4.78, 5) is 0.664. The van der Waals surface area contributed by atoms with Crippen LogP contribution in [0.1, 0.15) is 10.8 Å². The van der Waals surface area contributed by atoms with Crippen LogP contribution in [0.25, 0.3) is 0 Å². The van der Waals surface area contributed by atoms with E-state index in [0.717, 1.165) is 16.1 Å². The van der Waals surface area contributed by atoms with Crippen molar-refractivity contribution >= 4 is 27.7 Å². The van der Waals surface area contributed by atoms with Crippen LogP contribution in [0.5, 0.6) is 0 Å². The SMILES string of the molecule is NCC(Sc1ccc(F)c(F)c1)c1ccc(Br)cc1. The minimum atomic E-state index is -0.837. The van der Waals surface area contributed by atoms with Gasteiger partial charge in [-0.3, -0.25) is 0 Å². The van der Waals surface area contributed by atoms with Crippen LogP contribution in [0.3, 0.4) is 0 Å². The molecule has 0 bridgehead atoms. The number of hydrogen-bond donors (Lipinski definition) is 1. The Balaban J connectivity index is 2.18. The Bertz CT molecular complexity index is 560. The van der Waals surface area contributed by atoms with E-state index in [1.807, 2.05) is 24.3 Å². The largest absolute Gasteiger partial charge is 0.329 e. The maximum Gasteiger partial charge on any atom is 0.159 e. The fourth-order valence-electron chi connectivity index (χ4n) is 1.64. The molecule has 0 saturated heterocycles. The molecule has 5 heteroatoms. The molecule has 2 aromatic rings. The molecule has 0 heterocycles. The van der Waals surface area contributed by atoms with Gasteiger partial charge in [0.25, 0.3) is 0 Å². The van der Waals surface area contributed by atoms with E-state index in [2.05, 4.69) is 15.9 Å². The van der Waals surface area contributed by atoms with Crippen LogP contribution in [0.2, 0.25) is 0 Å². The molecule has 0 spiro atoms. The predicted octanol–water partition coefficient (Wildman–Crippen LogP) is 4.52. The van der Waals surface area contributed by atoms with Gasteiger partial charge in [-0.05, 0) is 35.9 Å². The van der Waals surface area contributed by atoms with Crippen molar-refractivity contribution in [2.75, 3.05) is 6.54 Å². The number of benzene rings is 2. The maximum absolute atomic E-state index is 13.2. The molecular weight excluding hydrogens is 332 g/mol. The highest BCUT2D eigenvalue weighted by molar-refractivity contribution is 9.10. The van der Waals surface area contributed by atoms with Gasteiger partial charge in [0, 0.05) is 21.2 Å². The summed E-state index contributed by atoms with van der Waals surface area (Å²) >= 11 is 4.80. The zero-order valence-corrected chi connectivity index (χ0v) is 12.3. The minimum Gasteiger partial charge on any atom is -0.329 e. The molecule has 2 rings (SSSR count). The standard InChI is InChI=1S/C14H12BrF2NS/c15-10-3-1-9(2-4-10)14(8-18)19-11-5-6-12(16)13(17)7-11/h1-7,14H,8,18H2. The topological polar surface area (TPSA) is 26.0 Å².